The summed E-state index contributed by atoms with van der Waals surface area (Å²) in [6.07, 6.45) is 0. The highest BCUT2D eigenvalue weighted by Crippen LogP contribution is 2.28. The molecule has 3 aromatic carbocycles. The average Bonchev–Trinajstić information content (AvgIpc) is 3.18. The fourth-order valence-electron chi connectivity index (χ4n) is 4.57. The van der Waals surface area contributed by atoms with Crippen LogP contribution < -0.4 is 15.0 Å². The van der Waals surface area contributed by atoms with Crippen molar-refractivity contribution in [3.63, 3.8) is 0 Å². The number of aryl methyl sites for hydroxylation is 1. The van der Waals surface area contributed by atoms with Crippen LogP contribution in [0.3, 0.4) is 0 Å². The van der Waals surface area contributed by atoms with Crippen LogP contribution in [0.25, 0.3) is 0 Å². The molecule has 0 saturated carbocycles. The molecule has 0 spiro atoms. The maximum absolute atomic E-state index is 13.1. The van der Waals surface area contributed by atoms with Gasteiger partial charge in [-0.25, -0.2) is 0 Å². The summed E-state index contributed by atoms with van der Waals surface area (Å²) in [6.45, 7) is 2.27. The average molecular weight is 563 g/mol. The molecule has 0 radical (unpaired) electrons. The minimum Gasteiger partial charge on any atom is -0.495 e. The van der Waals surface area contributed by atoms with E-state index in [1.165, 1.54) is 12.0 Å². The molecule has 0 aliphatic carbocycles. The van der Waals surface area contributed by atoms with Gasteiger partial charge < -0.3 is 14.0 Å². The summed E-state index contributed by atoms with van der Waals surface area (Å²) >= 11 is 12.7. The molecule has 9 heteroatoms. The predicted molar refractivity (Wildman–Crippen MR) is 149 cm³/mol. The van der Waals surface area contributed by atoms with Gasteiger partial charge in [0.05, 0.1) is 36.3 Å². The molecule has 0 atom stereocenters. The van der Waals surface area contributed by atoms with Gasteiger partial charge in [-0.15, -0.1) is 0 Å². The Morgan fingerprint density at radius 2 is 1.41 bits per heavy atom. The van der Waals surface area contributed by atoms with Crippen LogP contribution in [0, 0.1) is 6.92 Å². The third kappa shape index (κ3) is 5.15. The summed E-state index contributed by atoms with van der Waals surface area (Å²) in [5.41, 5.74) is 3.40. The van der Waals surface area contributed by atoms with E-state index in [-0.39, 0.29) is 42.3 Å². The number of hydrogen-bond donors (Lipinski definition) is 0. The van der Waals surface area contributed by atoms with Gasteiger partial charge in [0.15, 0.2) is 0 Å². The van der Waals surface area contributed by atoms with E-state index in [4.69, 9.17) is 32.7 Å². The Morgan fingerprint density at radius 3 is 2.05 bits per heavy atom. The summed E-state index contributed by atoms with van der Waals surface area (Å²) in [4.78, 5) is 40.0. The monoisotopic (exact) mass is 562 g/mol. The van der Waals surface area contributed by atoms with Crippen molar-refractivity contribution in [3.8, 4) is 11.5 Å². The zero-order valence-electron chi connectivity index (χ0n) is 21.2. The molecule has 0 saturated heterocycles. The molecule has 2 amide bonds. The van der Waals surface area contributed by atoms with E-state index in [1.807, 2.05) is 30.3 Å². The summed E-state index contributed by atoms with van der Waals surface area (Å²) in [7, 11) is 1.54. The number of fused-ring (bicyclic) bond motifs is 1. The standard InChI is InChI=1S/C30H24Cl2N2O5/c1-18-13-26(27(32)30(37)33(18)15-19-11-12-25(38-2)24(31)14-19)39-17-21-8-4-3-7-20(21)16-34-28(35)22-9-5-6-10-23(22)29(34)36/h3-14H,15-17H2,1-2H3. The van der Waals surface area contributed by atoms with E-state index in [9.17, 15) is 14.4 Å². The summed E-state index contributed by atoms with van der Waals surface area (Å²) in [6, 6.07) is 21.2. The number of carbonyl (C=O) groups is 2. The lowest BCUT2D eigenvalue weighted by molar-refractivity contribution is 0.0641. The highest BCUT2D eigenvalue weighted by atomic mass is 35.5. The predicted octanol–water partition coefficient (Wildman–Crippen LogP) is 5.90. The van der Waals surface area contributed by atoms with E-state index in [2.05, 4.69) is 0 Å². The minimum atomic E-state index is -0.391. The summed E-state index contributed by atoms with van der Waals surface area (Å²) in [5.74, 6) is 0.145. The van der Waals surface area contributed by atoms with Crippen LogP contribution in [0.1, 0.15) is 43.1 Å². The van der Waals surface area contributed by atoms with E-state index < -0.39 is 5.56 Å². The van der Waals surface area contributed by atoms with Crippen molar-refractivity contribution in [2.24, 2.45) is 0 Å². The van der Waals surface area contributed by atoms with Gasteiger partial charge in [-0.1, -0.05) is 65.7 Å². The number of carbonyl (C=O) groups excluding carboxylic acids is 2. The Balaban J connectivity index is 1.34. The highest BCUT2D eigenvalue weighted by Gasteiger charge is 2.35. The second-order valence-electron chi connectivity index (χ2n) is 9.12. The molecule has 2 heterocycles. The van der Waals surface area contributed by atoms with Gasteiger partial charge in [0.25, 0.3) is 17.4 Å². The zero-order chi connectivity index (χ0) is 27.7. The van der Waals surface area contributed by atoms with E-state index in [0.717, 1.165) is 16.7 Å². The Morgan fingerprint density at radius 1 is 0.769 bits per heavy atom. The normalized spacial score (nSPS) is 12.6. The number of amides is 2. The molecule has 1 aliphatic heterocycles. The van der Waals surface area contributed by atoms with Crippen molar-refractivity contribution >= 4 is 35.0 Å². The number of nitrogens with zero attached hydrogens (tertiary/aromatic N) is 2. The number of aromatic nitrogens is 1. The Bertz CT molecular complexity index is 1630. The Hall–Kier alpha value is -4.07. The number of imide groups is 1. The number of ether oxygens (including phenoxy) is 2. The molecular weight excluding hydrogens is 539 g/mol. The Labute approximate surface area is 235 Å². The van der Waals surface area contributed by atoms with Crippen LogP contribution >= 0.6 is 23.2 Å². The van der Waals surface area contributed by atoms with E-state index in [0.29, 0.717) is 27.6 Å². The number of benzene rings is 3. The molecule has 198 valence electrons. The maximum Gasteiger partial charge on any atom is 0.273 e. The Kier molecular flexibility index (Phi) is 7.46. The second kappa shape index (κ2) is 11.0. The molecular formula is C30H24Cl2N2O5. The van der Waals surface area contributed by atoms with Gasteiger partial charge in [0.1, 0.15) is 23.1 Å². The molecule has 7 nitrogen and oxygen atoms in total. The third-order valence-corrected chi connectivity index (χ3v) is 7.32. The maximum atomic E-state index is 13.1. The van der Waals surface area contributed by atoms with Crippen LogP contribution in [0.5, 0.6) is 11.5 Å². The van der Waals surface area contributed by atoms with Crippen molar-refractivity contribution in [2.75, 3.05) is 7.11 Å². The van der Waals surface area contributed by atoms with E-state index in [1.54, 1.807) is 54.0 Å². The van der Waals surface area contributed by atoms with Crippen molar-refractivity contribution in [1.29, 1.82) is 0 Å². The fourth-order valence-corrected chi connectivity index (χ4v) is 5.06. The molecule has 0 unspecified atom stereocenters. The SMILES string of the molecule is COc1ccc(Cn2c(C)cc(OCc3ccccc3CN3C(=O)c4ccccc4C3=O)c(Cl)c2=O)cc1Cl. The number of hydrogen-bond acceptors (Lipinski definition) is 5. The van der Waals surface area contributed by atoms with Gasteiger partial charge in [-0.3, -0.25) is 19.3 Å². The number of pyridine rings is 1. The molecule has 1 aliphatic rings. The third-order valence-electron chi connectivity index (χ3n) is 6.68. The lowest BCUT2D eigenvalue weighted by Gasteiger charge is -2.18. The first-order valence-corrected chi connectivity index (χ1v) is 12.9. The topological polar surface area (TPSA) is 77.8 Å². The number of methoxy groups -OCH3 is 1. The van der Waals surface area contributed by atoms with Crippen molar-refractivity contribution in [3.05, 3.63) is 127 Å². The zero-order valence-corrected chi connectivity index (χ0v) is 22.8. The molecule has 0 N–H and O–H groups in total. The highest BCUT2D eigenvalue weighted by molar-refractivity contribution is 6.32. The first-order chi connectivity index (χ1) is 18.8. The van der Waals surface area contributed by atoms with Crippen LogP contribution in [0.2, 0.25) is 10.0 Å². The van der Waals surface area contributed by atoms with Crippen molar-refractivity contribution in [1.82, 2.24) is 9.47 Å². The van der Waals surface area contributed by atoms with Gasteiger partial charge in [-0.2, -0.15) is 0 Å². The number of halogens is 2. The molecule has 39 heavy (non-hydrogen) atoms. The van der Waals surface area contributed by atoms with Gasteiger partial charge in [-0.05, 0) is 47.9 Å². The first-order valence-electron chi connectivity index (χ1n) is 12.2. The molecule has 0 bridgehead atoms. The molecule has 1 aromatic heterocycles. The van der Waals surface area contributed by atoms with Crippen LogP contribution in [-0.4, -0.2) is 28.4 Å². The van der Waals surface area contributed by atoms with Crippen LogP contribution in [0.4, 0.5) is 0 Å². The van der Waals surface area contributed by atoms with Crippen molar-refractivity contribution in [2.45, 2.75) is 26.6 Å². The number of rotatable bonds is 8. The van der Waals surface area contributed by atoms with Gasteiger partial charge in [0, 0.05) is 11.8 Å². The van der Waals surface area contributed by atoms with E-state index >= 15 is 0 Å². The molecule has 0 fully saturated rings. The van der Waals surface area contributed by atoms with Gasteiger partial charge in [0.2, 0.25) is 0 Å². The smallest absolute Gasteiger partial charge is 0.273 e. The summed E-state index contributed by atoms with van der Waals surface area (Å²) in [5, 5.41) is 0.407. The largest absolute Gasteiger partial charge is 0.495 e. The molecule has 4 aromatic rings. The lowest BCUT2D eigenvalue weighted by Crippen LogP contribution is -2.29. The van der Waals surface area contributed by atoms with Gasteiger partial charge >= 0.3 is 0 Å². The van der Waals surface area contributed by atoms with Crippen molar-refractivity contribution < 1.29 is 19.1 Å². The first kappa shape index (κ1) is 26.5. The quantitative estimate of drug-likeness (QED) is 0.250. The minimum absolute atomic E-state index is 0.0435. The molecule has 5 rings (SSSR count). The fraction of sp³-hybridized carbons (Fsp3) is 0.167. The summed E-state index contributed by atoms with van der Waals surface area (Å²) < 4.78 is 12.7. The lowest BCUT2D eigenvalue weighted by atomic mass is 10.1. The van der Waals surface area contributed by atoms with Crippen LogP contribution in [0.15, 0.2) is 77.6 Å². The second-order valence-corrected chi connectivity index (χ2v) is 9.91. The van der Waals surface area contributed by atoms with Crippen LogP contribution in [-0.2, 0) is 19.7 Å².